The smallest absolute Gasteiger partial charge is 0.251 e. The highest BCUT2D eigenvalue weighted by atomic mass is 16.5. The van der Waals surface area contributed by atoms with Crippen molar-refractivity contribution in [2.45, 2.75) is 58.0 Å². The molecule has 1 saturated carbocycles. The second kappa shape index (κ2) is 10.9. The molecule has 3 atom stereocenters. The third-order valence-corrected chi connectivity index (χ3v) is 6.33. The summed E-state index contributed by atoms with van der Waals surface area (Å²) in [5.41, 5.74) is 7.44. The van der Waals surface area contributed by atoms with Crippen LogP contribution >= 0.6 is 0 Å². The van der Waals surface area contributed by atoms with E-state index in [0.29, 0.717) is 18.4 Å². The molecule has 3 rings (SSSR count). The van der Waals surface area contributed by atoms with E-state index in [9.17, 15) is 4.79 Å². The maximum atomic E-state index is 12.7. The number of carbonyl (C=O) groups excluding carboxylic acids is 1. The van der Waals surface area contributed by atoms with Crippen LogP contribution in [0.15, 0.2) is 24.3 Å². The first-order chi connectivity index (χ1) is 13.7. The number of likely N-dealkylation sites (tertiary alicyclic amines) is 1. The van der Waals surface area contributed by atoms with E-state index in [1.165, 1.54) is 38.6 Å². The van der Waals surface area contributed by atoms with Gasteiger partial charge in [-0.3, -0.25) is 4.79 Å². The number of hydrogen-bond acceptors (Lipinski definition) is 4. The van der Waals surface area contributed by atoms with Crippen molar-refractivity contribution in [2.24, 2.45) is 17.6 Å². The van der Waals surface area contributed by atoms with E-state index < -0.39 is 0 Å². The molecular weight excluding hydrogens is 350 g/mol. The Hall–Kier alpha value is -1.43. The lowest BCUT2D eigenvalue weighted by Crippen LogP contribution is -2.48. The topological polar surface area (TPSA) is 67.6 Å². The van der Waals surface area contributed by atoms with Crippen LogP contribution < -0.4 is 11.1 Å². The molecule has 5 heteroatoms. The highest BCUT2D eigenvalue weighted by molar-refractivity contribution is 5.94. The zero-order valence-electron chi connectivity index (χ0n) is 17.4. The lowest BCUT2D eigenvalue weighted by atomic mass is 9.83. The Morgan fingerprint density at radius 3 is 2.71 bits per heavy atom. The van der Waals surface area contributed by atoms with Gasteiger partial charge in [0, 0.05) is 37.8 Å². The van der Waals surface area contributed by atoms with Crippen LogP contribution in [0.1, 0.15) is 61.4 Å². The van der Waals surface area contributed by atoms with Crippen molar-refractivity contribution >= 4 is 5.91 Å². The summed E-state index contributed by atoms with van der Waals surface area (Å²) in [4.78, 5) is 15.4. The number of nitrogens with one attached hydrogen (secondary N) is 1. The molecule has 28 heavy (non-hydrogen) atoms. The van der Waals surface area contributed by atoms with Gasteiger partial charge in [0.25, 0.3) is 5.91 Å². The van der Waals surface area contributed by atoms with Gasteiger partial charge in [-0.25, -0.2) is 0 Å². The van der Waals surface area contributed by atoms with Crippen molar-refractivity contribution in [1.82, 2.24) is 10.2 Å². The number of carbonyl (C=O) groups is 1. The normalized spacial score (nSPS) is 26.1. The monoisotopic (exact) mass is 387 g/mol. The second-order valence-electron chi connectivity index (χ2n) is 8.45. The van der Waals surface area contributed by atoms with Crippen LogP contribution in [0.25, 0.3) is 0 Å². The molecule has 2 aliphatic rings. The van der Waals surface area contributed by atoms with Gasteiger partial charge in [0.05, 0.1) is 6.61 Å². The summed E-state index contributed by atoms with van der Waals surface area (Å²) in [6.45, 7) is 7.68. The SMILES string of the molecule is CCOCC1CCCN(C[C@@H]2CCCC[C@H]2NC(=O)c2ccc(CN)cc2)C1. The Balaban J connectivity index is 1.55. The van der Waals surface area contributed by atoms with E-state index in [1.54, 1.807) is 0 Å². The van der Waals surface area contributed by atoms with Crippen molar-refractivity contribution in [3.63, 3.8) is 0 Å². The number of benzene rings is 1. The van der Waals surface area contributed by atoms with Gasteiger partial charge in [-0.1, -0.05) is 25.0 Å². The molecule has 0 bridgehead atoms. The lowest BCUT2D eigenvalue weighted by molar-refractivity contribution is 0.0548. The maximum Gasteiger partial charge on any atom is 0.251 e. The summed E-state index contributed by atoms with van der Waals surface area (Å²) in [6, 6.07) is 7.94. The highest BCUT2D eigenvalue weighted by Crippen LogP contribution is 2.27. The van der Waals surface area contributed by atoms with E-state index in [4.69, 9.17) is 10.5 Å². The van der Waals surface area contributed by atoms with Gasteiger partial charge in [0.2, 0.25) is 0 Å². The second-order valence-corrected chi connectivity index (χ2v) is 8.45. The molecule has 1 unspecified atom stereocenters. The summed E-state index contributed by atoms with van der Waals surface area (Å²) in [7, 11) is 0. The van der Waals surface area contributed by atoms with E-state index >= 15 is 0 Å². The van der Waals surface area contributed by atoms with Crippen molar-refractivity contribution in [1.29, 1.82) is 0 Å². The number of rotatable bonds is 8. The highest BCUT2D eigenvalue weighted by Gasteiger charge is 2.30. The van der Waals surface area contributed by atoms with Gasteiger partial charge < -0.3 is 20.7 Å². The molecule has 1 aromatic rings. The molecule has 3 N–H and O–H groups in total. The van der Waals surface area contributed by atoms with Crippen LogP contribution in [0.2, 0.25) is 0 Å². The molecule has 1 aromatic carbocycles. The molecule has 5 nitrogen and oxygen atoms in total. The number of nitrogens with two attached hydrogens (primary N) is 1. The number of nitrogens with zero attached hydrogens (tertiary/aromatic N) is 1. The number of piperidine rings is 1. The van der Waals surface area contributed by atoms with Gasteiger partial charge in [0.15, 0.2) is 0 Å². The summed E-state index contributed by atoms with van der Waals surface area (Å²) < 4.78 is 5.66. The van der Waals surface area contributed by atoms with Crippen molar-refractivity contribution < 1.29 is 9.53 Å². The number of amides is 1. The minimum absolute atomic E-state index is 0.0494. The Morgan fingerprint density at radius 2 is 1.96 bits per heavy atom. The van der Waals surface area contributed by atoms with Crippen LogP contribution in [0, 0.1) is 11.8 Å². The average Bonchev–Trinajstić information content (AvgIpc) is 2.74. The van der Waals surface area contributed by atoms with E-state index in [1.807, 2.05) is 24.3 Å². The molecule has 1 aliphatic heterocycles. The third-order valence-electron chi connectivity index (χ3n) is 6.33. The molecular formula is C23H37N3O2. The van der Waals surface area contributed by atoms with Gasteiger partial charge >= 0.3 is 0 Å². The molecule has 1 amide bonds. The molecule has 2 fully saturated rings. The summed E-state index contributed by atoms with van der Waals surface area (Å²) in [5, 5.41) is 3.34. The van der Waals surface area contributed by atoms with Crippen LogP contribution in [0.4, 0.5) is 0 Å². The summed E-state index contributed by atoms with van der Waals surface area (Å²) in [6.07, 6.45) is 7.32. The van der Waals surface area contributed by atoms with Gasteiger partial charge in [-0.2, -0.15) is 0 Å². The van der Waals surface area contributed by atoms with Crippen molar-refractivity contribution in [3.05, 3.63) is 35.4 Å². The minimum Gasteiger partial charge on any atom is -0.381 e. The molecule has 1 aliphatic carbocycles. The van der Waals surface area contributed by atoms with Gasteiger partial charge in [-0.05, 0) is 68.7 Å². The maximum absolute atomic E-state index is 12.7. The van der Waals surface area contributed by atoms with Crippen LogP contribution in [-0.4, -0.2) is 49.7 Å². The number of ether oxygens (including phenoxy) is 1. The zero-order chi connectivity index (χ0) is 19.8. The predicted octanol–water partition coefficient (Wildman–Crippen LogP) is 3.18. The summed E-state index contributed by atoms with van der Waals surface area (Å²) >= 11 is 0. The Labute approximate surface area is 170 Å². The molecule has 0 spiro atoms. The fourth-order valence-electron chi connectivity index (χ4n) is 4.73. The van der Waals surface area contributed by atoms with Crippen molar-refractivity contribution in [3.8, 4) is 0 Å². The Morgan fingerprint density at radius 1 is 1.18 bits per heavy atom. The first-order valence-electron chi connectivity index (χ1n) is 11.1. The van der Waals surface area contributed by atoms with E-state index in [-0.39, 0.29) is 11.9 Å². The van der Waals surface area contributed by atoms with Gasteiger partial charge in [-0.15, -0.1) is 0 Å². The van der Waals surface area contributed by atoms with E-state index in [2.05, 4.69) is 17.1 Å². The molecule has 1 heterocycles. The largest absolute Gasteiger partial charge is 0.381 e. The Bertz CT molecular complexity index is 604. The average molecular weight is 388 g/mol. The molecule has 156 valence electrons. The van der Waals surface area contributed by atoms with Crippen molar-refractivity contribution in [2.75, 3.05) is 32.8 Å². The zero-order valence-corrected chi connectivity index (χ0v) is 17.4. The first kappa shape index (κ1) is 21.3. The lowest BCUT2D eigenvalue weighted by Gasteiger charge is -2.39. The summed E-state index contributed by atoms with van der Waals surface area (Å²) in [5.74, 6) is 1.26. The molecule has 0 aromatic heterocycles. The van der Waals surface area contributed by atoms with Crippen LogP contribution in [-0.2, 0) is 11.3 Å². The van der Waals surface area contributed by atoms with E-state index in [0.717, 1.165) is 43.9 Å². The Kier molecular flexibility index (Phi) is 8.31. The quantitative estimate of drug-likeness (QED) is 0.719. The van der Waals surface area contributed by atoms with Crippen LogP contribution in [0.5, 0.6) is 0 Å². The predicted molar refractivity (Wildman–Crippen MR) is 113 cm³/mol. The van der Waals surface area contributed by atoms with Crippen LogP contribution in [0.3, 0.4) is 0 Å². The van der Waals surface area contributed by atoms with Gasteiger partial charge in [0.1, 0.15) is 0 Å². The first-order valence-corrected chi connectivity index (χ1v) is 11.1. The fourth-order valence-corrected chi connectivity index (χ4v) is 4.73. The number of hydrogen-bond donors (Lipinski definition) is 2. The minimum atomic E-state index is 0.0494. The third kappa shape index (κ3) is 6.03. The molecule has 1 saturated heterocycles. The molecule has 0 radical (unpaired) electrons. The standard InChI is InChI=1S/C23H37N3O2/c1-2-28-17-19-6-5-13-26(15-19)16-21-7-3-4-8-22(21)25-23(27)20-11-9-18(14-24)10-12-20/h9-12,19,21-22H,2-8,13-17,24H2,1H3,(H,25,27)/t19?,21-,22+/m0/s1. The fraction of sp³-hybridized carbons (Fsp3) is 0.696.